The summed E-state index contributed by atoms with van der Waals surface area (Å²) in [6.07, 6.45) is 1.69. The van der Waals surface area contributed by atoms with Gasteiger partial charge in [0.15, 0.2) is 11.5 Å². The highest BCUT2D eigenvalue weighted by Gasteiger charge is 1.99. The lowest BCUT2D eigenvalue weighted by Gasteiger charge is -2.07. The van der Waals surface area contributed by atoms with Gasteiger partial charge in [-0.15, -0.1) is 0 Å². The van der Waals surface area contributed by atoms with Crippen LogP contribution in [-0.2, 0) is 0 Å². The predicted molar refractivity (Wildman–Crippen MR) is 47.5 cm³/mol. The maximum atomic E-state index is 5.30. The standard InChI is InChI=1S/C10H11O2/c1-3-8-12-10-7-5-4-6-9(10)11-2/h3-4,6-7H,1,8H2,2H3. The van der Waals surface area contributed by atoms with Gasteiger partial charge in [0.05, 0.1) is 7.11 Å². The molecule has 0 aromatic heterocycles. The maximum Gasteiger partial charge on any atom is 0.162 e. The second-order valence-corrected chi connectivity index (χ2v) is 2.18. The van der Waals surface area contributed by atoms with E-state index >= 15 is 0 Å². The summed E-state index contributed by atoms with van der Waals surface area (Å²) in [5.41, 5.74) is 0. The van der Waals surface area contributed by atoms with Crippen LogP contribution in [0.5, 0.6) is 11.5 Å². The third-order valence-corrected chi connectivity index (χ3v) is 1.36. The van der Waals surface area contributed by atoms with Gasteiger partial charge in [0.1, 0.15) is 6.61 Å². The van der Waals surface area contributed by atoms with E-state index in [-0.39, 0.29) is 0 Å². The number of hydrogen-bond donors (Lipinski definition) is 0. The molecule has 0 heterocycles. The van der Waals surface area contributed by atoms with Crippen LogP contribution < -0.4 is 9.47 Å². The lowest BCUT2D eigenvalue weighted by Crippen LogP contribution is -1.95. The zero-order valence-electron chi connectivity index (χ0n) is 7.04. The zero-order valence-corrected chi connectivity index (χ0v) is 7.04. The average Bonchev–Trinajstić information content (AvgIpc) is 2.15. The molecule has 0 saturated carbocycles. The van der Waals surface area contributed by atoms with E-state index in [1.54, 1.807) is 31.4 Å². The van der Waals surface area contributed by atoms with Gasteiger partial charge < -0.3 is 9.47 Å². The summed E-state index contributed by atoms with van der Waals surface area (Å²) in [5.74, 6) is 1.41. The van der Waals surface area contributed by atoms with Crippen molar-refractivity contribution in [1.82, 2.24) is 0 Å². The average molecular weight is 163 g/mol. The van der Waals surface area contributed by atoms with Gasteiger partial charge in [0, 0.05) is 0 Å². The molecule has 0 aliphatic carbocycles. The molecule has 0 unspecified atom stereocenters. The molecular formula is C10H11O2. The van der Waals surface area contributed by atoms with Gasteiger partial charge in [-0.05, 0) is 18.2 Å². The minimum Gasteiger partial charge on any atom is -0.493 e. The van der Waals surface area contributed by atoms with Crippen LogP contribution in [0.1, 0.15) is 0 Å². The molecule has 0 saturated heterocycles. The third-order valence-electron chi connectivity index (χ3n) is 1.36. The SMILES string of the molecule is C=CCOc1c[c]ccc1OC. The normalized spacial score (nSPS) is 9.08. The molecule has 1 aromatic rings. The van der Waals surface area contributed by atoms with Gasteiger partial charge in [0.25, 0.3) is 0 Å². The Kier molecular flexibility index (Phi) is 3.20. The fourth-order valence-corrected chi connectivity index (χ4v) is 0.831. The molecule has 0 bridgehead atoms. The highest BCUT2D eigenvalue weighted by molar-refractivity contribution is 5.38. The lowest BCUT2D eigenvalue weighted by atomic mass is 10.3. The summed E-state index contributed by atoms with van der Waals surface area (Å²) in [7, 11) is 1.61. The largest absolute Gasteiger partial charge is 0.493 e. The number of rotatable bonds is 4. The Hall–Kier alpha value is -1.44. The Bertz CT molecular complexity index is 256. The van der Waals surface area contributed by atoms with Gasteiger partial charge in [0.2, 0.25) is 0 Å². The number of benzene rings is 1. The Morgan fingerprint density at radius 2 is 2.42 bits per heavy atom. The van der Waals surface area contributed by atoms with Gasteiger partial charge >= 0.3 is 0 Å². The molecule has 12 heavy (non-hydrogen) atoms. The summed E-state index contributed by atoms with van der Waals surface area (Å²) >= 11 is 0. The van der Waals surface area contributed by atoms with Crippen LogP contribution >= 0.6 is 0 Å². The van der Waals surface area contributed by atoms with Crippen molar-refractivity contribution in [3.63, 3.8) is 0 Å². The number of ether oxygens (including phenoxy) is 2. The number of hydrogen-bond acceptors (Lipinski definition) is 2. The second kappa shape index (κ2) is 4.44. The van der Waals surface area contributed by atoms with E-state index in [4.69, 9.17) is 9.47 Å². The van der Waals surface area contributed by atoms with E-state index < -0.39 is 0 Å². The molecule has 0 aliphatic rings. The first-order chi connectivity index (χ1) is 5.88. The predicted octanol–water partition coefficient (Wildman–Crippen LogP) is 2.06. The molecule has 63 valence electrons. The summed E-state index contributed by atoms with van der Waals surface area (Å²) < 4.78 is 10.4. The maximum absolute atomic E-state index is 5.30. The van der Waals surface area contributed by atoms with Crippen molar-refractivity contribution >= 4 is 0 Å². The molecule has 2 heteroatoms. The van der Waals surface area contributed by atoms with E-state index in [0.29, 0.717) is 12.4 Å². The van der Waals surface area contributed by atoms with Crippen molar-refractivity contribution in [3.05, 3.63) is 36.9 Å². The van der Waals surface area contributed by atoms with Gasteiger partial charge in [-0.1, -0.05) is 18.7 Å². The van der Waals surface area contributed by atoms with E-state index in [1.165, 1.54) is 0 Å². The van der Waals surface area contributed by atoms with E-state index in [1.807, 2.05) is 0 Å². The molecule has 2 nitrogen and oxygen atoms in total. The van der Waals surface area contributed by atoms with Crippen molar-refractivity contribution in [1.29, 1.82) is 0 Å². The highest BCUT2D eigenvalue weighted by Crippen LogP contribution is 2.25. The van der Waals surface area contributed by atoms with Crippen LogP contribution in [0.3, 0.4) is 0 Å². The molecule has 0 atom stereocenters. The Morgan fingerprint density at radius 1 is 1.58 bits per heavy atom. The molecular weight excluding hydrogens is 152 g/mol. The smallest absolute Gasteiger partial charge is 0.162 e. The van der Waals surface area contributed by atoms with Crippen LogP contribution in [0.25, 0.3) is 0 Å². The van der Waals surface area contributed by atoms with E-state index in [2.05, 4.69) is 12.6 Å². The Labute approximate surface area is 72.4 Å². The monoisotopic (exact) mass is 163 g/mol. The van der Waals surface area contributed by atoms with Crippen LogP contribution in [0, 0.1) is 6.07 Å². The molecule has 0 amide bonds. The van der Waals surface area contributed by atoms with Crippen molar-refractivity contribution in [3.8, 4) is 11.5 Å². The Morgan fingerprint density at radius 3 is 3.08 bits per heavy atom. The van der Waals surface area contributed by atoms with Gasteiger partial charge in [-0.2, -0.15) is 0 Å². The van der Waals surface area contributed by atoms with Crippen LogP contribution in [0.2, 0.25) is 0 Å². The molecule has 0 spiro atoms. The summed E-state index contributed by atoms with van der Waals surface area (Å²) in [6, 6.07) is 8.23. The minimum absolute atomic E-state index is 0.480. The fourth-order valence-electron chi connectivity index (χ4n) is 0.831. The van der Waals surface area contributed by atoms with Crippen molar-refractivity contribution < 1.29 is 9.47 Å². The van der Waals surface area contributed by atoms with Gasteiger partial charge in [-0.3, -0.25) is 0 Å². The first-order valence-electron chi connectivity index (χ1n) is 3.66. The molecule has 0 N–H and O–H groups in total. The molecule has 1 radical (unpaired) electrons. The summed E-state index contributed by atoms with van der Waals surface area (Å²) in [4.78, 5) is 0. The topological polar surface area (TPSA) is 18.5 Å². The summed E-state index contributed by atoms with van der Waals surface area (Å²) in [5, 5.41) is 0. The third kappa shape index (κ3) is 2.02. The molecule has 0 aliphatic heterocycles. The molecule has 1 aromatic carbocycles. The van der Waals surface area contributed by atoms with Crippen molar-refractivity contribution in [2.45, 2.75) is 0 Å². The minimum atomic E-state index is 0.480. The van der Waals surface area contributed by atoms with Crippen LogP contribution in [0.4, 0.5) is 0 Å². The molecule has 0 fully saturated rings. The number of methoxy groups -OCH3 is 1. The first kappa shape index (κ1) is 8.65. The van der Waals surface area contributed by atoms with Gasteiger partial charge in [-0.25, -0.2) is 0 Å². The van der Waals surface area contributed by atoms with E-state index in [9.17, 15) is 0 Å². The van der Waals surface area contributed by atoms with Crippen molar-refractivity contribution in [2.24, 2.45) is 0 Å². The van der Waals surface area contributed by atoms with Crippen LogP contribution in [0.15, 0.2) is 30.9 Å². The van der Waals surface area contributed by atoms with Crippen LogP contribution in [-0.4, -0.2) is 13.7 Å². The van der Waals surface area contributed by atoms with E-state index in [0.717, 1.165) is 5.75 Å². The highest BCUT2D eigenvalue weighted by atomic mass is 16.5. The Balaban J connectivity index is 2.74. The first-order valence-corrected chi connectivity index (χ1v) is 3.66. The second-order valence-electron chi connectivity index (χ2n) is 2.18. The zero-order chi connectivity index (χ0) is 8.81. The lowest BCUT2D eigenvalue weighted by molar-refractivity contribution is 0.326. The molecule has 1 rings (SSSR count). The fraction of sp³-hybridized carbons (Fsp3) is 0.200. The quantitative estimate of drug-likeness (QED) is 0.632. The van der Waals surface area contributed by atoms with Crippen molar-refractivity contribution in [2.75, 3.05) is 13.7 Å². The summed E-state index contributed by atoms with van der Waals surface area (Å²) in [6.45, 7) is 4.04.